The van der Waals surface area contributed by atoms with Crippen LogP contribution in [-0.4, -0.2) is 25.5 Å². The van der Waals surface area contributed by atoms with Crippen LogP contribution in [0.2, 0.25) is 5.02 Å². The number of anilines is 2. The molecule has 0 spiro atoms. The summed E-state index contributed by atoms with van der Waals surface area (Å²) in [6.45, 7) is 0.657. The number of carbonyl (C=O) groups excluding carboxylic acids is 2. The van der Waals surface area contributed by atoms with Gasteiger partial charge in [0.15, 0.2) is 0 Å². The highest BCUT2D eigenvalue weighted by Gasteiger charge is 2.24. The van der Waals surface area contributed by atoms with E-state index in [4.69, 9.17) is 16.3 Å². The number of carbonyl (C=O) groups is 2. The van der Waals surface area contributed by atoms with Crippen molar-refractivity contribution in [1.82, 2.24) is 0 Å². The van der Waals surface area contributed by atoms with Gasteiger partial charge >= 0.3 is 0 Å². The molecule has 6 heteroatoms. The molecule has 1 N–H and O–H groups in total. The molecule has 124 valence electrons. The first kappa shape index (κ1) is 16.3. The van der Waals surface area contributed by atoms with Crippen LogP contribution in [0.5, 0.6) is 5.75 Å². The van der Waals surface area contributed by atoms with Crippen molar-refractivity contribution < 1.29 is 14.3 Å². The largest absolute Gasteiger partial charge is 0.495 e. The first-order chi connectivity index (χ1) is 11.6. The van der Waals surface area contributed by atoms with Gasteiger partial charge in [-0.25, -0.2) is 0 Å². The fourth-order valence-electron chi connectivity index (χ4n) is 2.69. The lowest BCUT2D eigenvalue weighted by molar-refractivity contribution is -0.117. The van der Waals surface area contributed by atoms with E-state index in [1.807, 2.05) is 0 Å². The summed E-state index contributed by atoms with van der Waals surface area (Å²) < 4.78 is 5.34. The number of rotatable bonds is 4. The van der Waals surface area contributed by atoms with Gasteiger partial charge in [0.25, 0.3) is 5.91 Å². The third-order valence-electron chi connectivity index (χ3n) is 3.91. The summed E-state index contributed by atoms with van der Waals surface area (Å²) in [5, 5.41) is 3.41. The highest BCUT2D eigenvalue weighted by molar-refractivity contribution is 6.30. The van der Waals surface area contributed by atoms with Crippen LogP contribution >= 0.6 is 11.6 Å². The van der Waals surface area contributed by atoms with Gasteiger partial charge in [-0.3, -0.25) is 9.59 Å². The highest BCUT2D eigenvalue weighted by atomic mass is 35.5. The van der Waals surface area contributed by atoms with Crippen LogP contribution < -0.4 is 15.0 Å². The summed E-state index contributed by atoms with van der Waals surface area (Å²) in [4.78, 5) is 26.0. The molecule has 24 heavy (non-hydrogen) atoms. The second-order valence-electron chi connectivity index (χ2n) is 5.50. The van der Waals surface area contributed by atoms with Crippen LogP contribution in [-0.2, 0) is 4.79 Å². The van der Waals surface area contributed by atoms with Crippen molar-refractivity contribution in [3.63, 3.8) is 0 Å². The van der Waals surface area contributed by atoms with Crippen molar-refractivity contribution in [3.8, 4) is 5.75 Å². The number of halogens is 1. The van der Waals surface area contributed by atoms with E-state index in [9.17, 15) is 9.59 Å². The Morgan fingerprint density at radius 1 is 1.21 bits per heavy atom. The molecule has 1 saturated heterocycles. The van der Waals surface area contributed by atoms with E-state index in [1.54, 1.807) is 54.5 Å². The second kappa shape index (κ2) is 6.93. The molecule has 5 nitrogen and oxygen atoms in total. The Hall–Kier alpha value is -2.53. The minimum Gasteiger partial charge on any atom is -0.495 e. The maximum atomic E-state index is 12.3. The molecule has 2 aromatic rings. The molecule has 0 bridgehead atoms. The lowest BCUT2D eigenvalue weighted by Gasteiger charge is -2.20. The van der Waals surface area contributed by atoms with E-state index in [-0.39, 0.29) is 11.8 Å². The minimum atomic E-state index is -0.240. The third kappa shape index (κ3) is 3.36. The van der Waals surface area contributed by atoms with Crippen molar-refractivity contribution in [2.75, 3.05) is 23.9 Å². The van der Waals surface area contributed by atoms with Gasteiger partial charge in [0.05, 0.1) is 12.8 Å². The van der Waals surface area contributed by atoms with E-state index in [2.05, 4.69) is 5.32 Å². The van der Waals surface area contributed by atoms with Gasteiger partial charge in [-0.1, -0.05) is 11.6 Å². The van der Waals surface area contributed by atoms with Crippen LogP contribution in [0.4, 0.5) is 11.4 Å². The first-order valence-electron chi connectivity index (χ1n) is 7.64. The second-order valence-corrected chi connectivity index (χ2v) is 5.93. The summed E-state index contributed by atoms with van der Waals surface area (Å²) in [5.41, 5.74) is 1.79. The van der Waals surface area contributed by atoms with Crippen LogP contribution in [0.25, 0.3) is 0 Å². The molecule has 0 atom stereocenters. The van der Waals surface area contributed by atoms with Gasteiger partial charge in [0.1, 0.15) is 5.75 Å². The minimum absolute atomic E-state index is 0.0643. The van der Waals surface area contributed by atoms with Crippen molar-refractivity contribution >= 4 is 34.8 Å². The number of hydrogen-bond donors (Lipinski definition) is 1. The quantitative estimate of drug-likeness (QED) is 0.919. The highest BCUT2D eigenvalue weighted by Crippen LogP contribution is 2.34. The van der Waals surface area contributed by atoms with Crippen LogP contribution in [0, 0.1) is 0 Å². The maximum Gasteiger partial charge on any atom is 0.255 e. The van der Waals surface area contributed by atoms with Crippen LogP contribution in [0.15, 0.2) is 42.5 Å². The van der Waals surface area contributed by atoms with Gasteiger partial charge < -0.3 is 15.0 Å². The van der Waals surface area contributed by atoms with E-state index < -0.39 is 0 Å². The molecule has 1 aliphatic heterocycles. The molecule has 0 aromatic heterocycles. The number of benzene rings is 2. The molecule has 0 radical (unpaired) electrons. The predicted octanol–water partition coefficient (Wildman–Crippen LogP) is 3.73. The molecule has 0 saturated carbocycles. The number of nitrogens with zero attached hydrogens (tertiary/aromatic N) is 1. The lowest BCUT2D eigenvalue weighted by atomic mass is 10.2. The van der Waals surface area contributed by atoms with E-state index in [0.29, 0.717) is 40.7 Å². The van der Waals surface area contributed by atoms with Gasteiger partial charge in [0, 0.05) is 29.2 Å². The average molecular weight is 345 g/mol. The summed E-state index contributed by atoms with van der Waals surface area (Å²) >= 11 is 5.83. The molecule has 3 rings (SSSR count). The Labute approximate surface area is 145 Å². The predicted molar refractivity (Wildman–Crippen MR) is 94.0 cm³/mol. The topological polar surface area (TPSA) is 58.6 Å². The Bertz CT molecular complexity index is 774. The summed E-state index contributed by atoms with van der Waals surface area (Å²) in [6.07, 6.45) is 1.36. The van der Waals surface area contributed by atoms with Gasteiger partial charge in [0.2, 0.25) is 5.91 Å². The van der Waals surface area contributed by atoms with E-state index >= 15 is 0 Å². The third-order valence-corrected chi connectivity index (χ3v) is 4.16. The molecule has 1 fully saturated rings. The monoisotopic (exact) mass is 344 g/mol. The number of ether oxygens (including phenoxy) is 1. The SMILES string of the molecule is COc1ccc(NC(=O)c2ccc(Cl)cc2)cc1N1CCCC1=O. The molecule has 0 aliphatic carbocycles. The number of methoxy groups -OCH3 is 1. The molecular formula is C18H17ClN2O3. The van der Waals surface area contributed by atoms with Crippen LogP contribution in [0.1, 0.15) is 23.2 Å². The zero-order chi connectivity index (χ0) is 17.1. The van der Waals surface area contributed by atoms with Gasteiger partial charge in [-0.15, -0.1) is 0 Å². The smallest absolute Gasteiger partial charge is 0.255 e. The Balaban J connectivity index is 1.84. The maximum absolute atomic E-state index is 12.3. The Morgan fingerprint density at radius 2 is 1.96 bits per heavy atom. The van der Waals surface area contributed by atoms with E-state index in [0.717, 1.165) is 6.42 Å². The Kier molecular flexibility index (Phi) is 4.71. The van der Waals surface area contributed by atoms with Crippen molar-refractivity contribution in [1.29, 1.82) is 0 Å². The molecule has 1 aliphatic rings. The molecule has 0 unspecified atom stereocenters. The molecule has 2 amide bonds. The molecule has 2 aromatic carbocycles. The average Bonchev–Trinajstić information content (AvgIpc) is 3.01. The van der Waals surface area contributed by atoms with E-state index in [1.165, 1.54) is 0 Å². The summed E-state index contributed by atoms with van der Waals surface area (Å²) in [7, 11) is 1.56. The van der Waals surface area contributed by atoms with Gasteiger partial charge in [-0.05, 0) is 48.9 Å². The first-order valence-corrected chi connectivity index (χ1v) is 8.01. The fourth-order valence-corrected chi connectivity index (χ4v) is 2.81. The summed E-state index contributed by atoms with van der Waals surface area (Å²) in [6, 6.07) is 11.9. The zero-order valence-corrected chi connectivity index (χ0v) is 14.0. The number of nitrogens with one attached hydrogen (secondary N) is 1. The van der Waals surface area contributed by atoms with Gasteiger partial charge in [-0.2, -0.15) is 0 Å². The van der Waals surface area contributed by atoms with Crippen molar-refractivity contribution in [2.24, 2.45) is 0 Å². The number of amides is 2. The Morgan fingerprint density at radius 3 is 2.58 bits per heavy atom. The van der Waals surface area contributed by atoms with Crippen molar-refractivity contribution in [2.45, 2.75) is 12.8 Å². The normalized spacial score (nSPS) is 13.9. The lowest BCUT2D eigenvalue weighted by Crippen LogP contribution is -2.24. The number of hydrogen-bond acceptors (Lipinski definition) is 3. The van der Waals surface area contributed by atoms with Crippen molar-refractivity contribution in [3.05, 3.63) is 53.1 Å². The summed E-state index contributed by atoms with van der Waals surface area (Å²) in [5.74, 6) is 0.430. The fraction of sp³-hybridized carbons (Fsp3) is 0.222. The molecule has 1 heterocycles. The standard InChI is InChI=1S/C18H17ClN2O3/c1-24-16-9-8-14(11-15(16)21-10-2-3-17(21)22)20-18(23)12-4-6-13(19)7-5-12/h4-9,11H,2-3,10H2,1H3,(H,20,23). The molecular weight excluding hydrogens is 328 g/mol. The zero-order valence-electron chi connectivity index (χ0n) is 13.2. The van der Waals surface area contributed by atoms with Crippen LogP contribution in [0.3, 0.4) is 0 Å².